The summed E-state index contributed by atoms with van der Waals surface area (Å²) in [6.07, 6.45) is 0.295. The molecule has 1 saturated heterocycles. The van der Waals surface area contributed by atoms with Crippen molar-refractivity contribution in [2.45, 2.75) is 31.4 Å². The van der Waals surface area contributed by atoms with Gasteiger partial charge in [-0.15, -0.1) is 0 Å². The molecule has 0 aromatic rings. The van der Waals surface area contributed by atoms with Crippen LogP contribution in [0.5, 0.6) is 0 Å². The predicted molar refractivity (Wildman–Crippen MR) is 52.4 cm³/mol. The van der Waals surface area contributed by atoms with Crippen LogP contribution in [0.15, 0.2) is 0 Å². The molecule has 7 heteroatoms. The average Bonchev–Trinajstić information content (AvgIpc) is 2.68. The van der Waals surface area contributed by atoms with Gasteiger partial charge in [0, 0.05) is 6.61 Å². The number of amides is 2. The number of nitrogens with two attached hydrogens (primary N) is 1. The van der Waals surface area contributed by atoms with Gasteiger partial charge in [0.2, 0.25) is 11.8 Å². The topological polar surface area (TPSA) is 119 Å². The minimum Gasteiger partial charge on any atom is -0.480 e. The van der Waals surface area contributed by atoms with E-state index in [1.807, 2.05) is 0 Å². The lowest BCUT2D eigenvalue weighted by Crippen LogP contribution is -2.47. The van der Waals surface area contributed by atoms with Gasteiger partial charge in [0.25, 0.3) is 0 Å². The van der Waals surface area contributed by atoms with E-state index in [-0.39, 0.29) is 0 Å². The molecular weight excluding hydrogens is 216 g/mol. The summed E-state index contributed by atoms with van der Waals surface area (Å²) in [4.78, 5) is 32.8. The predicted octanol–water partition coefficient (Wildman–Crippen LogP) is -1.39. The Labute approximate surface area is 91.9 Å². The zero-order valence-corrected chi connectivity index (χ0v) is 8.64. The minimum absolute atomic E-state index is 0.423. The largest absolute Gasteiger partial charge is 0.480 e. The number of nitrogens with one attached hydrogen (secondary N) is 1. The molecule has 1 aliphatic rings. The van der Waals surface area contributed by atoms with Crippen molar-refractivity contribution in [2.75, 3.05) is 6.61 Å². The molecule has 0 bridgehead atoms. The van der Waals surface area contributed by atoms with Gasteiger partial charge in [-0.05, 0) is 12.8 Å². The fourth-order valence-electron chi connectivity index (χ4n) is 1.45. The second kappa shape index (κ2) is 5.45. The molecule has 1 aliphatic heterocycles. The molecule has 90 valence electrons. The molecule has 4 N–H and O–H groups in total. The van der Waals surface area contributed by atoms with Gasteiger partial charge in [-0.2, -0.15) is 0 Å². The number of carbonyl (C=O) groups is 3. The van der Waals surface area contributed by atoms with E-state index in [0.29, 0.717) is 13.0 Å². The third-order valence-corrected chi connectivity index (χ3v) is 2.24. The van der Waals surface area contributed by atoms with E-state index in [0.717, 1.165) is 6.42 Å². The highest BCUT2D eigenvalue weighted by atomic mass is 16.5. The maximum absolute atomic E-state index is 11.5. The third kappa shape index (κ3) is 3.50. The molecule has 2 amide bonds. The van der Waals surface area contributed by atoms with Crippen LogP contribution in [-0.4, -0.2) is 41.6 Å². The zero-order valence-electron chi connectivity index (χ0n) is 8.64. The Balaban J connectivity index is 2.50. The molecule has 0 aliphatic carbocycles. The Hall–Kier alpha value is -1.63. The molecule has 1 heterocycles. The van der Waals surface area contributed by atoms with Crippen molar-refractivity contribution < 1.29 is 24.2 Å². The van der Waals surface area contributed by atoms with Gasteiger partial charge >= 0.3 is 5.97 Å². The number of hydrogen-bond donors (Lipinski definition) is 3. The molecule has 0 aromatic heterocycles. The lowest BCUT2D eigenvalue weighted by atomic mass is 10.1. The van der Waals surface area contributed by atoms with E-state index in [1.165, 1.54) is 0 Å². The summed E-state index contributed by atoms with van der Waals surface area (Å²) < 4.78 is 5.08. The van der Waals surface area contributed by atoms with E-state index in [2.05, 4.69) is 5.32 Å². The van der Waals surface area contributed by atoms with Crippen LogP contribution >= 0.6 is 0 Å². The van der Waals surface area contributed by atoms with Gasteiger partial charge in [-0.25, -0.2) is 4.79 Å². The van der Waals surface area contributed by atoms with Crippen LogP contribution in [0.3, 0.4) is 0 Å². The maximum Gasteiger partial charge on any atom is 0.326 e. The molecular formula is C9H14N2O5. The van der Waals surface area contributed by atoms with E-state index in [9.17, 15) is 14.4 Å². The van der Waals surface area contributed by atoms with Gasteiger partial charge in [0.1, 0.15) is 12.1 Å². The first-order valence-electron chi connectivity index (χ1n) is 4.94. The molecule has 0 saturated carbocycles. The molecule has 7 nitrogen and oxygen atoms in total. The standard InChI is InChI=1S/C9H14N2O5/c10-7(12)4-5(9(14)15)11-8(13)6-2-1-3-16-6/h5-6H,1-4H2,(H2,10,12)(H,11,13)(H,14,15)/t5-,6?/m0/s1. The molecule has 1 unspecified atom stereocenters. The van der Waals surface area contributed by atoms with Crippen molar-refractivity contribution in [2.24, 2.45) is 5.73 Å². The number of carbonyl (C=O) groups excluding carboxylic acids is 2. The summed E-state index contributed by atoms with van der Waals surface area (Å²) in [5, 5.41) is 11.0. The molecule has 1 fully saturated rings. The molecule has 2 atom stereocenters. The smallest absolute Gasteiger partial charge is 0.326 e. The number of aliphatic carboxylic acids is 1. The monoisotopic (exact) mass is 230 g/mol. The molecule has 1 rings (SSSR count). The third-order valence-electron chi connectivity index (χ3n) is 2.24. The van der Waals surface area contributed by atoms with E-state index < -0.39 is 36.4 Å². The zero-order chi connectivity index (χ0) is 12.1. The van der Waals surface area contributed by atoms with Gasteiger partial charge in [0.05, 0.1) is 6.42 Å². The Morgan fingerprint density at radius 1 is 1.50 bits per heavy atom. The quantitative estimate of drug-likeness (QED) is 0.537. The Kier molecular flexibility index (Phi) is 4.24. The van der Waals surface area contributed by atoms with Crippen LogP contribution in [0.25, 0.3) is 0 Å². The van der Waals surface area contributed by atoms with Crippen molar-refractivity contribution >= 4 is 17.8 Å². The fraction of sp³-hybridized carbons (Fsp3) is 0.667. The van der Waals surface area contributed by atoms with Crippen molar-refractivity contribution in [3.63, 3.8) is 0 Å². The highest BCUT2D eigenvalue weighted by molar-refractivity contribution is 5.89. The maximum atomic E-state index is 11.5. The average molecular weight is 230 g/mol. The van der Waals surface area contributed by atoms with Crippen LogP contribution in [0, 0.1) is 0 Å². The Morgan fingerprint density at radius 3 is 2.62 bits per heavy atom. The van der Waals surface area contributed by atoms with E-state index in [4.69, 9.17) is 15.6 Å². The summed E-state index contributed by atoms with van der Waals surface area (Å²) in [6.45, 7) is 0.492. The summed E-state index contributed by atoms with van der Waals surface area (Å²) in [5.41, 5.74) is 4.88. The lowest BCUT2D eigenvalue weighted by molar-refractivity contribution is -0.144. The van der Waals surface area contributed by atoms with Crippen LogP contribution < -0.4 is 11.1 Å². The Morgan fingerprint density at radius 2 is 2.19 bits per heavy atom. The SMILES string of the molecule is NC(=O)C[C@H](NC(=O)C1CCCO1)C(=O)O. The van der Waals surface area contributed by atoms with Crippen molar-refractivity contribution in [1.29, 1.82) is 0 Å². The summed E-state index contributed by atoms with van der Waals surface area (Å²) in [6, 6.07) is -1.28. The number of hydrogen-bond acceptors (Lipinski definition) is 4. The summed E-state index contributed by atoms with van der Waals surface area (Å²) >= 11 is 0. The first kappa shape index (κ1) is 12.4. The van der Waals surface area contributed by atoms with Crippen LogP contribution in [0.1, 0.15) is 19.3 Å². The first-order chi connectivity index (χ1) is 7.50. The second-order valence-corrected chi connectivity index (χ2v) is 3.57. The molecule has 0 radical (unpaired) electrons. The molecule has 0 aromatic carbocycles. The number of carboxylic acid groups (broad SMARTS) is 1. The first-order valence-corrected chi connectivity index (χ1v) is 4.94. The highest BCUT2D eigenvalue weighted by Crippen LogP contribution is 2.12. The van der Waals surface area contributed by atoms with Gasteiger partial charge in [-0.3, -0.25) is 9.59 Å². The second-order valence-electron chi connectivity index (χ2n) is 3.57. The number of ether oxygens (including phenoxy) is 1. The molecule has 0 spiro atoms. The van der Waals surface area contributed by atoms with Crippen molar-refractivity contribution in [3.8, 4) is 0 Å². The lowest BCUT2D eigenvalue weighted by Gasteiger charge is -2.15. The minimum atomic E-state index is -1.29. The Bertz CT molecular complexity index is 298. The highest BCUT2D eigenvalue weighted by Gasteiger charge is 2.28. The van der Waals surface area contributed by atoms with E-state index >= 15 is 0 Å². The van der Waals surface area contributed by atoms with Gasteiger partial charge in [-0.1, -0.05) is 0 Å². The van der Waals surface area contributed by atoms with Crippen molar-refractivity contribution in [3.05, 3.63) is 0 Å². The number of rotatable bonds is 5. The summed E-state index contributed by atoms with van der Waals surface area (Å²) in [7, 11) is 0. The van der Waals surface area contributed by atoms with Gasteiger partial charge in [0.15, 0.2) is 0 Å². The fourth-order valence-corrected chi connectivity index (χ4v) is 1.45. The normalized spacial score (nSPS) is 21.4. The van der Waals surface area contributed by atoms with E-state index in [1.54, 1.807) is 0 Å². The molecule has 16 heavy (non-hydrogen) atoms. The summed E-state index contributed by atoms with van der Waals surface area (Å²) in [5.74, 6) is -2.57. The number of carboxylic acids is 1. The van der Waals surface area contributed by atoms with Crippen LogP contribution in [0.2, 0.25) is 0 Å². The number of primary amides is 1. The van der Waals surface area contributed by atoms with Crippen LogP contribution in [0.4, 0.5) is 0 Å². The van der Waals surface area contributed by atoms with Gasteiger partial charge < -0.3 is 20.9 Å². The van der Waals surface area contributed by atoms with Crippen molar-refractivity contribution in [1.82, 2.24) is 5.32 Å². The van der Waals surface area contributed by atoms with Crippen LogP contribution in [-0.2, 0) is 19.1 Å².